The Kier molecular flexibility index (Phi) is 7.10. The average Bonchev–Trinajstić information content (AvgIpc) is 2.87. The van der Waals surface area contributed by atoms with Crippen LogP contribution < -0.4 is 20.7 Å². The summed E-state index contributed by atoms with van der Waals surface area (Å²) in [6.45, 7) is 1.08. The van der Waals surface area contributed by atoms with Crippen LogP contribution in [-0.2, 0) is 10.9 Å². The zero-order chi connectivity index (χ0) is 22.3. The van der Waals surface area contributed by atoms with Crippen molar-refractivity contribution in [2.24, 2.45) is 0 Å². The van der Waals surface area contributed by atoms with Crippen molar-refractivity contribution in [3.8, 4) is 5.75 Å². The van der Waals surface area contributed by atoms with Crippen LogP contribution in [0.15, 0.2) is 115 Å². The molecule has 0 amide bonds. The zero-order valence-electron chi connectivity index (χ0n) is 18.2. The molecule has 0 radical (unpaired) electrons. The molecule has 0 aliphatic carbocycles. The topological polar surface area (TPSA) is 18.5 Å². The van der Waals surface area contributed by atoms with Crippen LogP contribution in [0.25, 0.3) is 0 Å². The molecule has 0 aromatic heterocycles. The number of ether oxygens (including phenoxy) is 2. The van der Waals surface area contributed by atoms with Gasteiger partial charge in [-0.25, -0.2) is 0 Å². The van der Waals surface area contributed by atoms with Gasteiger partial charge in [-0.05, 0) is 0 Å². The van der Waals surface area contributed by atoms with E-state index in [-0.39, 0.29) is 0 Å². The van der Waals surface area contributed by atoms with Gasteiger partial charge >= 0.3 is 199 Å². The second-order valence-electron chi connectivity index (χ2n) is 7.80. The van der Waals surface area contributed by atoms with Crippen LogP contribution in [0, 0.1) is 0 Å². The summed E-state index contributed by atoms with van der Waals surface area (Å²) in [5.41, 5.74) is 1.18. The van der Waals surface area contributed by atoms with Crippen molar-refractivity contribution in [1.82, 2.24) is 0 Å². The summed E-state index contributed by atoms with van der Waals surface area (Å²) >= 11 is 4.52. The second kappa shape index (κ2) is 10.0. The first-order valence-corrected chi connectivity index (χ1v) is 15.2. The van der Waals surface area contributed by atoms with E-state index < -0.39 is 5.31 Å². The van der Waals surface area contributed by atoms with E-state index in [1.165, 1.54) is 21.5 Å². The molecule has 2 nitrogen and oxygen atoms in total. The van der Waals surface area contributed by atoms with Gasteiger partial charge in [-0.1, -0.05) is 0 Å². The molecule has 32 heavy (non-hydrogen) atoms. The number of methoxy groups -OCH3 is 1. The predicted molar refractivity (Wildman–Crippen MR) is 142 cm³/mol. The first-order chi connectivity index (χ1) is 15.7. The van der Waals surface area contributed by atoms with Gasteiger partial charge in [0.05, 0.1) is 0 Å². The van der Waals surface area contributed by atoms with Crippen LogP contribution in [0.4, 0.5) is 0 Å². The summed E-state index contributed by atoms with van der Waals surface area (Å²) in [6.07, 6.45) is 0.798. The minimum atomic E-state index is -3.06. The van der Waals surface area contributed by atoms with E-state index in [1.54, 1.807) is 7.11 Å². The fraction of sp³-hybridized carbons (Fsp3) is 0.143. The Hall–Kier alpha value is -2.45. The zero-order valence-corrected chi connectivity index (χ0v) is 20.7. The number of rotatable bonds is 9. The fourth-order valence-electron chi connectivity index (χ4n) is 4.27. The van der Waals surface area contributed by atoms with Gasteiger partial charge in [0.1, 0.15) is 0 Å². The number of para-hydroxylation sites is 1. The predicted octanol–water partition coefficient (Wildman–Crippen LogP) is 6.05. The van der Waals surface area contributed by atoms with Gasteiger partial charge < -0.3 is 0 Å². The second-order valence-corrected chi connectivity index (χ2v) is 16.7. The molecule has 0 saturated heterocycles. The maximum absolute atomic E-state index is 6.15. The molecular formula is C28H28BrO2P. The summed E-state index contributed by atoms with van der Waals surface area (Å²) in [6, 6.07) is 40.9. The molecule has 0 fully saturated rings. The third kappa shape index (κ3) is 4.26. The van der Waals surface area contributed by atoms with E-state index in [1.807, 2.05) is 6.07 Å². The van der Waals surface area contributed by atoms with Gasteiger partial charge in [0.15, 0.2) is 0 Å². The molecule has 0 saturated carbocycles. The molecule has 4 heteroatoms. The molecule has 4 aromatic carbocycles. The van der Waals surface area contributed by atoms with E-state index in [2.05, 4.69) is 125 Å². The molecule has 0 heterocycles. The van der Waals surface area contributed by atoms with Crippen molar-refractivity contribution in [3.05, 3.63) is 121 Å². The quantitative estimate of drug-likeness (QED) is 0.203. The number of halogens is 1. The maximum atomic E-state index is 6.15. The summed E-state index contributed by atoms with van der Waals surface area (Å²) in [7, 11) is 1.69. The molecule has 164 valence electrons. The third-order valence-corrected chi connectivity index (χ3v) is 15.4. The normalized spacial score (nSPS) is 12.6. The van der Waals surface area contributed by atoms with Crippen molar-refractivity contribution in [2.75, 3.05) is 20.3 Å². The van der Waals surface area contributed by atoms with Crippen molar-refractivity contribution in [3.63, 3.8) is 0 Å². The molecule has 0 bridgehead atoms. The van der Waals surface area contributed by atoms with E-state index in [4.69, 9.17) is 9.47 Å². The molecule has 0 aliphatic rings. The van der Waals surface area contributed by atoms with Crippen molar-refractivity contribution >= 4 is 36.7 Å². The fourth-order valence-corrected chi connectivity index (χ4v) is 11.9. The number of hydrogen-bond donors (Lipinski definition) is 0. The van der Waals surface area contributed by atoms with Crippen molar-refractivity contribution in [2.45, 2.75) is 6.16 Å². The molecule has 0 unspecified atom stereocenters. The first-order valence-electron chi connectivity index (χ1n) is 10.8. The first kappa shape index (κ1) is 22.7. The summed E-state index contributed by atoms with van der Waals surface area (Å²) in [4.78, 5) is 0. The van der Waals surface area contributed by atoms with Gasteiger partial charge in [-0.3, -0.25) is 0 Å². The Labute approximate surface area is 198 Å². The Morgan fingerprint density at radius 1 is 0.594 bits per heavy atom. The van der Waals surface area contributed by atoms with E-state index in [0.29, 0.717) is 13.2 Å². The minimum absolute atomic E-state index is 0.522. The van der Waals surface area contributed by atoms with Gasteiger partial charge in [0, 0.05) is 0 Å². The SMILES string of the molecule is COCCOc1ccccc1CP(Br)(c1ccccc1)(c1ccccc1)c1ccccc1. The molecule has 4 rings (SSSR count). The Balaban J connectivity index is 1.98. The van der Waals surface area contributed by atoms with E-state index >= 15 is 0 Å². The van der Waals surface area contributed by atoms with E-state index in [0.717, 1.165) is 11.9 Å². The monoisotopic (exact) mass is 506 g/mol. The van der Waals surface area contributed by atoms with Crippen LogP contribution in [0.5, 0.6) is 5.75 Å². The van der Waals surface area contributed by atoms with Crippen LogP contribution in [0.2, 0.25) is 0 Å². The molecule has 0 aliphatic heterocycles. The number of benzene rings is 4. The van der Waals surface area contributed by atoms with Crippen molar-refractivity contribution < 1.29 is 9.47 Å². The molecule has 0 N–H and O–H groups in total. The number of hydrogen-bond acceptors (Lipinski definition) is 2. The van der Waals surface area contributed by atoms with Crippen molar-refractivity contribution in [1.29, 1.82) is 0 Å². The summed E-state index contributed by atoms with van der Waals surface area (Å²) < 4.78 is 11.4. The van der Waals surface area contributed by atoms with E-state index in [9.17, 15) is 0 Å². The third-order valence-electron chi connectivity index (χ3n) is 5.87. The Bertz CT molecular complexity index is 1030. The summed E-state index contributed by atoms with van der Waals surface area (Å²) in [5.74, 6) is 0.904. The average molecular weight is 507 g/mol. The van der Waals surface area contributed by atoms with Crippen LogP contribution in [0.1, 0.15) is 5.56 Å². The molecule has 0 spiro atoms. The van der Waals surface area contributed by atoms with Gasteiger partial charge in [0.2, 0.25) is 0 Å². The Morgan fingerprint density at radius 3 is 1.50 bits per heavy atom. The Morgan fingerprint density at radius 2 is 1.03 bits per heavy atom. The van der Waals surface area contributed by atoms with Gasteiger partial charge in [-0.2, -0.15) is 0 Å². The molecule has 4 aromatic rings. The van der Waals surface area contributed by atoms with Crippen LogP contribution in [0.3, 0.4) is 0 Å². The van der Waals surface area contributed by atoms with Gasteiger partial charge in [0.25, 0.3) is 0 Å². The molecule has 0 atom stereocenters. The van der Waals surface area contributed by atoms with Crippen LogP contribution >= 0.6 is 20.8 Å². The van der Waals surface area contributed by atoms with Crippen LogP contribution in [-0.4, -0.2) is 20.3 Å². The van der Waals surface area contributed by atoms with Gasteiger partial charge in [-0.15, -0.1) is 0 Å². The standard InChI is InChI=1S/C28H28BrO2P/c1-30-21-22-31-28-20-12-11-13-24(28)23-32(29,25-14-5-2-6-15-25,26-16-7-3-8-17-26)27-18-9-4-10-19-27/h2-20H,21-23H2,1H3. The molecular weight excluding hydrogens is 479 g/mol. The summed E-state index contributed by atoms with van der Waals surface area (Å²) in [5, 5.41) is 0.820.